The molecule has 0 aliphatic heterocycles. The van der Waals surface area contributed by atoms with Gasteiger partial charge in [-0.3, -0.25) is 10.1 Å². The Balaban J connectivity index is 1.90. The van der Waals surface area contributed by atoms with E-state index < -0.39 is 0 Å². The van der Waals surface area contributed by atoms with Gasteiger partial charge in [-0.1, -0.05) is 6.07 Å². The van der Waals surface area contributed by atoms with E-state index in [1.807, 2.05) is 11.4 Å². The zero-order valence-corrected chi connectivity index (χ0v) is 8.06. The quantitative estimate of drug-likeness (QED) is 0.750. The van der Waals surface area contributed by atoms with Gasteiger partial charge in [0.1, 0.15) is 0 Å². The highest BCUT2D eigenvalue weighted by Crippen LogP contribution is 2.35. The molecule has 1 heterocycles. The molecule has 0 bridgehead atoms. The summed E-state index contributed by atoms with van der Waals surface area (Å²) in [6.07, 6.45) is 1.77. The summed E-state index contributed by atoms with van der Waals surface area (Å²) < 4.78 is 0. The number of primary amides is 1. The van der Waals surface area contributed by atoms with Crippen molar-refractivity contribution >= 4 is 17.2 Å². The smallest absolute Gasteiger partial charge is 0.237 e. The third-order valence-electron chi connectivity index (χ3n) is 2.40. The number of hydrogen-bond acceptors (Lipinski definition) is 3. The van der Waals surface area contributed by atoms with Gasteiger partial charge in [0, 0.05) is 11.4 Å². The average Bonchev–Trinajstić information content (AvgIpc) is 2.73. The number of nitrogens with two attached hydrogens (primary N) is 1. The topological polar surface area (TPSA) is 55.1 Å². The Kier molecular flexibility index (Phi) is 2.09. The van der Waals surface area contributed by atoms with Crippen LogP contribution in [0.25, 0.3) is 0 Å². The molecule has 3 nitrogen and oxygen atoms in total. The molecular weight excluding hydrogens is 184 g/mol. The average molecular weight is 196 g/mol. The summed E-state index contributed by atoms with van der Waals surface area (Å²) >= 11 is 1.69. The molecule has 13 heavy (non-hydrogen) atoms. The van der Waals surface area contributed by atoms with Crippen LogP contribution < -0.4 is 11.1 Å². The predicted molar refractivity (Wildman–Crippen MR) is 52.3 cm³/mol. The van der Waals surface area contributed by atoms with E-state index >= 15 is 0 Å². The first-order valence-corrected chi connectivity index (χ1v) is 5.18. The lowest BCUT2D eigenvalue weighted by Crippen LogP contribution is -2.43. The van der Waals surface area contributed by atoms with E-state index in [0.29, 0.717) is 0 Å². The monoisotopic (exact) mass is 196 g/mol. The molecular formula is C9H12N2OS. The molecule has 0 aromatic carbocycles. The van der Waals surface area contributed by atoms with E-state index in [1.165, 1.54) is 4.88 Å². The molecule has 4 heteroatoms. The molecule has 70 valence electrons. The molecule has 1 aliphatic rings. The second kappa shape index (κ2) is 3.12. The maximum Gasteiger partial charge on any atom is 0.237 e. The Hall–Kier alpha value is -0.870. The second-order valence-electron chi connectivity index (χ2n) is 3.38. The summed E-state index contributed by atoms with van der Waals surface area (Å²) in [6.45, 7) is 0.751. The third kappa shape index (κ3) is 1.73. The zero-order valence-electron chi connectivity index (χ0n) is 7.25. The number of carbonyl (C=O) groups is 1. The fourth-order valence-electron chi connectivity index (χ4n) is 1.30. The van der Waals surface area contributed by atoms with Crippen LogP contribution in [-0.2, 0) is 11.3 Å². The van der Waals surface area contributed by atoms with Crippen LogP contribution in [0.15, 0.2) is 17.5 Å². The van der Waals surface area contributed by atoms with Crippen molar-refractivity contribution in [3.63, 3.8) is 0 Å². The summed E-state index contributed by atoms with van der Waals surface area (Å²) in [7, 11) is 0. The lowest BCUT2D eigenvalue weighted by Gasteiger charge is -2.11. The molecule has 1 aromatic heterocycles. The van der Waals surface area contributed by atoms with Crippen LogP contribution in [0.4, 0.5) is 0 Å². The van der Waals surface area contributed by atoms with Gasteiger partial charge in [-0.05, 0) is 24.3 Å². The molecule has 0 unspecified atom stereocenters. The van der Waals surface area contributed by atoms with Gasteiger partial charge in [0.25, 0.3) is 0 Å². The Labute approximate surface area is 80.9 Å². The molecule has 1 aromatic rings. The first kappa shape index (κ1) is 8.72. The van der Waals surface area contributed by atoms with E-state index in [0.717, 1.165) is 19.4 Å². The normalized spacial score (nSPS) is 18.5. The summed E-state index contributed by atoms with van der Waals surface area (Å²) in [5.74, 6) is -0.218. The maximum absolute atomic E-state index is 11.0. The van der Waals surface area contributed by atoms with Crippen LogP contribution in [0.1, 0.15) is 17.7 Å². The van der Waals surface area contributed by atoms with Crippen molar-refractivity contribution in [2.75, 3.05) is 0 Å². The number of amides is 1. The molecule has 0 atom stereocenters. The molecule has 0 radical (unpaired) electrons. The second-order valence-corrected chi connectivity index (χ2v) is 4.41. The summed E-state index contributed by atoms with van der Waals surface area (Å²) in [4.78, 5) is 12.2. The Morgan fingerprint density at radius 2 is 2.46 bits per heavy atom. The van der Waals surface area contributed by atoms with E-state index in [-0.39, 0.29) is 11.4 Å². The molecule has 2 rings (SSSR count). The van der Waals surface area contributed by atoms with Crippen LogP contribution in [0, 0.1) is 0 Å². The fraction of sp³-hybridized carbons (Fsp3) is 0.444. The molecule has 3 N–H and O–H groups in total. The summed E-state index contributed by atoms with van der Waals surface area (Å²) in [5, 5.41) is 5.24. The van der Waals surface area contributed by atoms with Gasteiger partial charge in [-0.25, -0.2) is 0 Å². The van der Waals surface area contributed by atoms with Crippen LogP contribution >= 0.6 is 11.3 Å². The van der Waals surface area contributed by atoms with Crippen molar-refractivity contribution < 1.29 is 4.79 Å². The molecule has 0 saturated heterocycles. The first-order chi connectivity index (χ1) is 6.23. The standard InChI is InChI=1S/C9H12N2OS/c10-8(12)9(3-4-9)11-6-7-2-1-5-13-7/h1-2,5,11H,3-4,6H2,(H2,10,12). The number of nitrogens with one attached hydrogen (secondary N) is 1. The van der Waals surface area contributed by atoms with E-state index in [9.17, 15) is 4.79 Å². The van der Waals surface area contributed by atoms with Gasteiger partial charge in [0.05, 0.1) is 5.54 Å². The van der Waals surface area contributed by atoms with Gasteiger partial charge in [-0.2, -0.15) is 0 Å². The molecule has 1 amide bonds. The van der Waals surface area contributed by atoms with Crippen LogP contribution in [0.5, 0.6) is 0 Å². The Morgan fingerprint density at radius 3 is 2.92 bits per heavy atom. The van der Waals surface area contributed by atoms with Crippen molar-refractivity contribution in [3.8, 4) is 0 Å². The predicted octanol–water partition coefficient (Wildman–Crippen LogP) is 0.856. The van der Waals surface area contributed by atoms with Crippen LogP contribution in [0.3, 0.4) is 0 Å². The lowest BCUT2D eigenvalue weighted by molar-refractivity contribution is -0.121. The van der Waals surface area contributed by atoms with Crippen LogP contribution in [0.2, 0.25) is 0 Å². The Bertz CT molecular complexity index is 303. The van der Waals surface area contributed by atoms with Gasteiger partial charge in [0.2, 0.25) is 5.91 Å². The minimum atomic E-state index is -0.385. The largest absolute Gasteiger partial charge is 0.368 e. The number of carbonyl (C=O) groups excluding carboxylic acids is 1. The molecule has 0 spiro atoms. The minimum Gasteiger partial charge on any atom is -0.368 e. The highest BCUT2D eigenvalue weighted by atomic mass is 32.1. The number of thiophene rings is 1. The maximum atomic E-state index is 11.0. The van der Waals surface area contributed by atoms with Crippen molar-refractivity contribution in [3.05, 3.63) is 22.4 Å². The highest BCUT2D eigenvalue weighted by Gasteiger charge is 2.47. The van der Waals surface area contributed by atoms with Crippen molar-refractivity contribution in [2.45, 2.75) is 24.9 Å². The fourth-order valence-corrected chi connectivity index (χ4v) is 1.95. The molecule has 1 aliphatic carbocycles. The van der Waals surface area contributed by atoms with Crippen LogP contribution in [-0.4, -0.2) is 11.4 Å². The molecule has 1 fully saturated rings. The lowest BCUT2D eigenvalue weighted by atomic mass is 10.2. The Morgan fingerprint density at radius 1 is 1.69 bits per heavy atom. The van der Waals surface area contributed by atoms with Crippen molar-refractivity contribution in [2.24, 2.45) is 5.73 Å². The summed E-state index contributed by atoms with van der Waals surface area (Å²) in [6, 6.07) is 4.06. The van der Waals surface area contributed by atoms with Gasteiger partial charge in [-0.15, -0.1) is 11.3 Å². The van der Waals surface area contributed by atoms with Crippen molar-refractivity contribution in [1.29, 1.82) is 0 Å². The minimum absolute atomic E-state index is 0.218. The number of hydrogen-bond donors (Lipinski definition) is 2. The zero-order chi connectivity index (χ0) is 9.31. The van der Waals surface area contributed by atoms with E-state index in [2.05, 4.69) is 11.4 Å². The van der Waals surface area contributed by atoms with E-state index in [4.69, 9.17) is 5.73 Å². The van der Waals surface area contributed by atoms with Gasteiger partial charge in [0.15, 0.2) is 0 Å². The van der Waals surface area contributed by atoms with E-state index in [1.54, 1.807) is 11.3 Å². The summed E-state index contributed by atoms with van der Waals surface area (Å²) in [5.41, 5.74) is 4.89. The van der Waals surface area contributed by atoms with Gasteiger partial charge >= 0.3 is 0 Å². The van der Waals surface area contributed by atoms with Crippen molar-refractivity contribution in [1.82, 2.24) is 5.32 Å². The number of rotatable bonds is 4. The highest BCUT2D eigenvalue weighted by molar-refractivity contribution is 7.09. The third-order valence-corrected chi connectivity index (χ3v) is 3.28. The first-order valence-electron chi connectivity index (χ1n) is 4.30. The van der Waals surface area contributed by atoms with Gasteiger partial charge < -0.3 is 5.73 Å². The SMILES string of the molecule is NC(=O)C1(NCc2cccs2)CC1. The molecule has 1 saturated carbocycles.